The Morgan fingerprint density at radius 2 is 2.38 bits per heavy atom. The van der Waals surface area contributed by atoms with Crippen LogP contribution in [0.5, 0.6) is 5.75 Å². The van der Waals surface area contributed by atoms with Crippen molar-refractivity contribution >= 4 is 26.8 Å². The number of allylic oxidation sites excluding steroid dienone is 1. The number of fused-ring (bicyclic) bond motifs is 3. The molecule has 1 atom stereocenters. The Bertz CT molecular complexity index is 1130. The molecule has 0 bridgehead atoms. The van der Waals surface area contributed by atoms with Gasteiger partial charge in [-0.25, -0.2) is 4.98 Å². The van der Waals surface area contributed by atoms with E-state index in [1.807, 2.05) is 6.92 Å². The zero-order chi connectivity index (χ0) is 18.3. The van der Waals surface area contributed by atoms with Gasteiger partial charge in [-0.3, -0.25) is 9.78 Å². The van der Waals surface area contributed by atoms with E-state index in [1.165, 1.54) is 11.3 Å². The summed E-state index contributed by atoms with van der Waals surface area (Å²) < 4.78 is 6.38. The molecule has 0 saturated carbocycles. The van der Waals surface area contributed by atoms with Gasteiger partial charge in [0, 0.05) is 18.9 Å². The fraction of sp³-hybridized carbons (Fsp3) is 0.176. The first kappa shape index (κ1) is 16.1. The van der Waals surface area contributed by atoms with E-state index in [9.17, 15) is 10.1 Å². The third-order valence-electron chi connectivity index (χ3n) is 4.08. The maximum Gasteiger partial charge on any atom is 0.257 e. The quantitative estimate of drug-likeness (QED) is 0.646. The molecule has 4 rings (SSSR count). The zero-order valence-corrected chi connectivity index (χ0v) is 14.6. The number of ether oxygens (including phenoxy) is 1. The number of aromatic amines is 1. The Morgan fingerprint density at radius 3 is 3.08 bits per heavy atom. The largest absolute Gasteiger partial charge is 0.438 e. The summed E-state index contributed by atoms with van der Waals surface area (Å²) in [7, 11) is 0. The van der Waals surface area contributed by atoms with Crippen molar-refractivity contribution in [2.45, 2.75) is 12.8 Å². The highest BCUT2D eigenvalue weighted by molar-refractivity contribution is 7.22. The van der Waals surface area contributed by atoms with Crippen molar-refractivity contribution in [2.75, 3.05) is 11.9 Å². The first-order valence-corrected chi connectivity index (χ1v) is 8.73. The third kappa shape index (κ3) is 2.39. The number of nitrogens with one attached hydrogen (secondary N) is 2. The molecule has 0 aliphatic carbocycles. The second kappa shape index (κ2) is 6.16. The van der Waals surface area contributed by atoms with Crippen molar-refractivity contribution in [3.8, 4) is 11.8 Å². The normalized spacial score (nSPS) is 16.1. The molecule has 0 spiro atoms. The van der Waals surface area contributed by atoms with Gasteiger partial charge >= 0.3 is 0 Å². The van der Waals surface area contributed by atoms with E-state index in [0.717, 1.165) is 0 Å². The minimum absolute atomic E-state index is 0.0147. The van der Waals surface area contributed by atoms with Gasteiger partial charge in [0.2, 0.25) is 5.88 Å². The van der Waals surface area contributed by atoms with Crippen LogP contribution in [0.2, 0.25) is 0 Å². The molecule has 9 heteroatoms. The summed E-state index contributed by atoms with van der Waals surface area (Å²) in [5.41, 5.74) is 7.28. The van der Waals surface area contributed by atoms with Gasteiger partial charge in [-0.15, -0.1) is 0 Å². The number of rotatable bonds is 3. The second-order valence-corrected chi connectivity index (χ2v) is 6.63. The van der Waals surface area contributed by atoms with Crippen molar-refractivity contribution in [2.24, 2.45) is 5.73 Å². The van der Waals surface area contributed by atoms with E-state index in [-0.39, 0.29) is 17.0 Å². The highest BCUT2D eigenvalue weighted by atomic mass is 32.1. The Hall–Kier alpha value is -3.38. The van der Waals surface area contributed by atoms with Crippen molar-refractivity contribution in [3.05, 3.63) is 57.5 Å². The van der Waals surface area contributed by atoms with Gasteiger partial charge in [-0.1, -0.05) is 17.4 Å². The summed E-state index contributed by atoms with van der Waals surface area (Å²) >= 11 is 1.36. The average molecular weight is 366 g/mol. The van der Waals surface area contributed by atoms with E-state index in [4.69, 9.17) is 10.5 Å². The number of nitrogens with two attached hydrogens (primary N) is 1. The summed E-state index contributed by atoms with van der Waals surface area (Å²) in [4.78, 5) is 24.1. The Kier molecular flexibility index (Phi) is 3.82. The fourth-order valence-corrected chi connectivity index (χ4v) is 3.99. The van der Waals surface area contributed by atoms with Gasteiger partial charge in [0.1, 0.15) is 16.3 Å². The standard InChI is InChI=1S/C17H14N6O2S/c1-2-21-17-23-15-13(26-17)12-11(16(24)22-15)10(8-4-3-5-20-7-8)9(6-18)14(19)25-12/h3-5,7,10H,2,19H2,1H3,(H2,21,22,23,24)/t10-/m1/s1. The lowest BCUT2D eigenvalue weighted by atomic mass is 9.85. The van der Waals surface area contributed by atoms with E-state index in [1.54, 1.807) is 24.5 Å². The molecular weight excluding hydrogens is 352 g/mol. The first-order valence-electron chi connectivity index (χ1n) is 7.92. The lowest BCUT2D eigenvalue weighted by Gasteiger charge is -2.25. The second-order valence-electron chi connectivity index (χ2n) is 5.64. The number of hydrogen-bond acceptors (Lipinski definition) is 8. The van der Waals surface area contributed by atoms with Crippen LogP contribution in [0.15, 0.2) is 40.8 Å². The summed E-state index contributed by atoms with van der Waals surface area (Å²) in [5, 5.41) is 13.4. The van der Waals surface area contributed by atoms with Gasteiger partial charge < -0.3 is 20.8 Å². The van der Waals surface area contributed by atoms with E-state index in [2.05, 4.69) is 26.3 Å². The van der Waals surface area contributed by atoms with E-state index < -0.39 is 5.92 Å². The average Bonchev–Trinajstić information content (AvgIpc) is 3.04. The van der Waals surface area contributed by atoms with Crippen molar-refractivity contribution < 1.29 is 4.74 Å². The SMILES string of the molecule is CCNc1nc2[nH]c(=O)c3c(c2s1)OC(N)=C(C#N)[C@H]3c1cccnc1. The molecular formula is C17H14N6O2S. The van der Waals surface area contributed by atoms with Crippen molar-refractivity contribution in [1.29, 1.82) is 5.26 Å². The molecule has 3 aromatic heterocycles. The van der Waals surface area contributed by atoms with Crippen LogP contribution in [0.1, 0.15) is 24.0 Å². The summed E-state index contributed by atoms with van der Waals surface area (Å²) in [5.74, 6) is -0.315. The highest BCUT2D eigenvalue weighted by Crippen LogP contribution is 2.44. The molecule has 26 heavy (non-hydrogen) atoms. The molecule has 130 valence electrons. The van der Waals surface area contributed by atoms with Crippen LogP contribution in [-0.4, -0.2) is 21.5 Å². The number of nitriles is 1. The number of anilines is 1. The molecule has 0 aromatic carbocycles. The number of pyridine rings is 2. The summed E-state index contributed by atoms with van der Waals surface area (Å²) in [6, 6.07) is 5.62. The number of nitrogens with zero attached hydrogens (tertiary/aromatic N) is 3. The molecule has 3 aromatic rings. The Labute approximate surface area is 152 Å². The Balaban J connectivity index is 2.03. The van der Waals surface area contributed by atoms with Crippen LogP contribution in [0.25, 0.3) is 10.3 Å². The van der Waals surface area contributed by atoms with Crippen molar-refractivity contribution in [1.82, 2.24) is 15.0 Å². The van der Waals surface area contributed by atoms with Crippen molar-refractivity contribution in [3.63, 3.8) is 0 Å². The lowest BCUT2D eigenvalue weighted by Crippen LogP contribution is -2.27. The predicted octanol–water partition coefficient (Wildman–Crippen LogP) is 2.03. The predicted molar refractivity (Wildman–Crippen MR) is 97.9 cm³/mol. The van der Waals surface area contributed by atoms with Gasteiger partial charge in [0.15, 0.2) is 16.5 Å². The topological polar surface area (TPSA) is 130 Å². The third-order valence-corrected chi connectivity index (χ3v) is 5.09. The molecule has 1 aliphatic heterocycles. The van der Waals surface area contributed by atoms with Crippen LogP contribution in [-0.2, 0) is 0 Å². The smallest absolute Gasteiger partial charge is 0.257 e. The van der Waals surface area contributed by atoms with Gasteiger partial charge in [0.05, 0.1) is 11.5 Å². The molecule has 4 N–H and O–H groups in total. The minimum Gasteiger partial charge on any atom is -0.438 e. The van der Waals surface area contributed by atoms with Crippen LogP contribution < -0.4 is 21.3 Å². The lowest BCUT2D eigenvalue weighted by molar-refractivity contribution is 0.397. The molecule has 0 amide bonds. The van der Waals surface area contributed by atoms with Crippen LogP contribution in [0, 0.1) is 11.3 Å². The van der Waals surface area contributed by atoms with E-state index >= 15 is 0 Å². The minimum atomic E-state index is -0.643. The maximum absolute atomic E-state index is 12.8. The monoisotopic (exact) mass is 366 g/mol. The highest BCUT2D eigenvalue weighted by Gasteiger charge is 2.35. The first-order chi connectivity index (χ1) is 12.6. The molecule has 0 radical (unpaired) electrons. The zero-order valence-electron chi connectivity index (χ0n) is 13.7. The number of thiazole rings is 1. The molecule has 8 nitrogen and oxygen atoms in total. The molecule has 4 heterocycles. The van der Waals surface area contributed by atoms with Crippen LogP contribution in [0.3, 0.4) is 0 Å². The van der Waals surface area contributed by atoms with Gasteiger partial charge in [0.25, 0.3) is 5.56 Å². The number of aromatic nitrogens is 3. The van der Waals surface area contributed by atoms with Crippen LogP contribution >= 0.6 is 11.3 Å². The maximum atomic E-state index is 12.8. The molecule has 0 fully saturated rings. The number of hydrogen-bond donors (Lipinski definition) is 3. The number of H-pyrrole nitrogens is 1. The van der Waals surface area contributed by atoms with Gasteiger partial charge in [-0.05, 0) is 18.6 Å². The molecule has 0 saturated heterocycles. The Morgan fingerprint density at radius 1 is 1.54 bits per heavy atom. The summed E-state index contributed by atoms with van der Waals surface area (Å²) in [6.07, 6.45) is 3.24. The molecule has 1 aliphatic rings. The summed E-state index contributed by atoms with van der Waals surface area (Å²) in [6.45, 7) is 2.66. The van der Waals surface area contributed by atoms with E-state index in [0.29, 0.717) is 38.9 Å². The van der Waals surface area contributed by atoms with Gasteiger partial charge in [-0.2, -0.15) is 5.26 Å². The fourth-order valence-electron chi connectivity index (χ4n) is 3.00. The van der Waals surface area contributed by atoms with Crippen LogP contribution in [0.4, 0.5) is 5.13 Å². The molecule has 0 unspecified atom stereocenters.